The van der Waals surface area contributed by atoms with Crippen LogP contribution in [0.3, 0.4) is 0 Å². The summed E-state index contributed by atoms with van der Waals surface area (Å²) in [6.45, 7) is 2.88. The number of carbonyl (C=O) groups is 3. The normalized spacial score (nSPS) is 17.8. The molecule has 0 aliphatic carbocycles. The topological polar surface area (TPSA) is 98.4 Å². The fraction of sp³-hybridized carbons (Fsp3) is 0.385. The Labute approximate surface area is 210 Å². The lowest BCUT2D eigenvalue weighted by Crippen LogP contribution is -2.52. The van der Waals surface area contributed by atoms with Crippen LogP contribution in [0.1, 0.15) is 41.3 Å². The maximum Gasteiger partial charge on any atom is 0.408 e. The van der Waals surface area contributed by atoms with E-state index in [0.717, 1.165) is 29.0 Å². The van der Waals surface area contributed by atoms with Crippen molar-refractivity contribution in [3.63, 3.8) is 0 Å². The summed E-state index contributed by atoms with van der Waals surface area (Å²) in [5.41, 5.74) is 2.58. The van der Waals surface area contributed by atoms with Crippen molar-refractivity contribution in [1.29, 1.82) is 0 Å². The molecule has 3 heterocycles. The van der Waals surface area contributed by atoms with Gasteiger partial charge in [0.2, 0.25) is 11.8 Å². The van der Waals surface area contributed by atoms with Gasteiger partial charge >= 0.3 is 6.18 Å². The van der Waals surface area contributed by atoms with Gasteiger partial charge in [-0.1, -0.05) is 12.1 Å². The maximum absolute atomic E-state index is 13.8. The maximum atomic E-state index is 13.8. The number of alkyl halides is 3. The minimum absolute atomic E-state index is 0.147. The first-order valence-corrected chi connectivity index (χ1v) is 12.0. The number of carbonyl (C=O) groups excluding carboxylic acids is 3. The summed E-state index contributed by atoms with van der Waals surface area (Å²) in [6, 6.07) is 8.62. The second kappa shape index (κ2) is 8.89. The Hall–Kier alpha value is -3.89. The average molecular weight is 514 g/mol. The average Bonchev–Trinajstić information content (AvgIpc) is 3.41. The summed E-state index contributed by atoms with van der Waals surface area (Å²) >= 11 is 0. The van der Waals surface area contributed by atoms with Crippen molar-refractivity contribution >= 4 is 34.3 Å². The molecule has 0 saturated carbocycles. The quantitative estimate of drug-likeness (QED) is 0.558. The Kier molecular flexibility index (Phi) is 5.96. The number of H-pyrrole nitrogens is 1. The van der Waals surface area contributed by atoms with Crippen molar-refractivity contribution in [3.8, 4) is 0 Å². The number of nitrogens with one attached hydrogen (secondary N) is 2. The summed E-state index contributed by atoms with van der Waals surface area (Å²) in [7, 11) is 0. The highest BCUT2D eigenvalue weighted by Gasteiger charge is 2.53. The third-order valence-corrected chi connectivity index (χ3v) is 7.44. The number of fused-ring (bicyclic) bond motifs is 3. The number of rotatable bonds is 4. The highest BCUT2D eigenvalue weighted by atomic mass is 19.4. The summed E-state index contributed by atoms with van der Waals surface area (Å²) in [6.07, 6.45) is -2.24. The van der Waals surface area contributed by atoms with Gasteiger partial charge in [0.25, 0.3) is 5.91 Å². The van der Waals surface area contributed by atoms with Crippen molar-refractivity contribution in [2.24, 2.45) is 0 Å². The second-order valence-corrected chi connectivity index (χ2v) is 9.74. The second-order valence-electron chi connectivity index (χ2n) is 9.74. The molecule has 1 fully saturated rings. The molecule has 1 atom stereocenters. The summed E-state index contributed by atoms with van der Waals surface area (Å²) in [5.74, 6) is -1.35. The van der Waals surface area contributed by atoms with Crippen molar-refractivity contribution in [2.75, 3.05) is 24.5 Å². The molecule has 3 aromatic rings. The minimum Gasteiger partial charge on any atom is -0.343 e. The van der Waals surface area contributed by atoms with Crippen LogP contribution in [0.2, 0.25) is 0 Å². The molecule has 2 aromatic carbocycles. The first-order valence-electron chi connectivity index (χ1n) is 12.0. The summed E-state index contributed by atoms with van der Waals surface area (Å²) in [4.78, 5) is 42.5. The number of hydrogen-bond acceptors (Lipinski definition) is 4. The minimum atomic E-state index is -4.58. The number of anilines is 1. The van der Waals surface area contributed by atoms with Crippen LogP contribution in [0.5, 0.6) is 0 Å². The fourth-order valence-electron chi connectivity index (χ4n) is 5.46. The highest BCUT2D eigenvalue weighted by Crippen LogP contribution is 2.49. The van der Waals surface area contributed by atoms with Crippen LogP contribution >= 0.6 is 0 Å². The Bertz CT molecular complexity index is 1390. The van der Waals surface area contributed by atoms with Gasteiger partial charge in [-0.05, 0) is 62.1 Å². The van der Waals surface area contributed by atoms with Crippen LogP contribution in [-0.2, 0) is 15.0 Å². The van der Waals surface area contributed by atoms with E-state index in [1.807, 2.05) is 18.3 Å². The van der Waals surface area contributed by atoms with Crippen molar-refractivity contribution < 1.29 is 27.6 Å². The van der Waals surface area contributed by atoms with Gasteiger partial charge in [-0.25, -0.2) is 0 Å². The zero-order valence-corrected chi connectivity index (χ0v) is 20.4. The van der Waals surface area contributed by atoms with E-state index in [1.165, 1.54) is 4.90 Å². The van der Waals surface area contributed by atoms with Gasteiger partial charge in [0.1, 0.15) is 12.6 Å². The molecule has 3 amide bonds. The SMILES string of the molecule is Cc1cccc2c1C1(CCN(C(=O)c3ccc4[nH]ncc4c3)CC1)C(=O)N2CC(=O)N[C@@H](C)C(F)(F)F. The van der Waals surface area contributed by atoms with Crippen LogP contribution in [0.15, 0.2) is 42.6 Å². The van der Waals surface area contributed by atoms with E-state index >= 15 is 0 Å². The van der Waals surface area contributed by atoms with Gasteiger partial charge in [-0.3, -0.25) is 19.5 Å². The van der Waals surface area contributed by atoms with E-state index < -0.39 is 30.1 Å². The summed E-state index contributed by atoms with van der Waals surface area (Å²) < 4.78 is 38.8. The van der Waals surface area contributed by atoms with Crippen LogP contribution in [0, 0.1) is 6.92 Å². The molecule has 1 saturated heterocycles. The molecule has 0 radical (unpaired) electrons. The number of likely N-dealkylation sites (tertiary alicyclic amines) is 1. The Morgan fingerprint density at radius 3 is 2.62 bits per heavy atom. The predicted octanol–water partition coefficient (Wildman–Crippen LogP) is 3.46. The number of nitrogens with zero attached hydrogens (tertiary/aromatic N) is 3. The van der Waals surface area contributed by atoms with Crippen molar-refractivity contribution in [3.05, 3.63) is 59.3 Å². The number of aryl methyl sites for hydroxylation is 1. The zero-order valence-electron chi connectivity index (χ0n) is 20.4. The highest BCUT2D eigenvalue weighted by molar-refractivity contribution is 6.11. The first-order chi connectivity index (χ1) is 17.5. The van der Waals surface area contributed by atoms with Gasteiger partial charge in [0.05, 0.1) is 17.1 Å². The van der Waals surface area contributed by atoms with Gasteiger partial charge in [-0.2, -0.15) is 18.3 Å². The van der Waals surface area contributed by atoms with E-state index in [9.17, 15) is 27.6 Å². The summed E-state index contributed by atoms with van der Waals surface area (Å²) in [5, 5.41) is 9.59. The lowest BCUT2D eigenvalue weighted by atomic mass is 9.72. The lowest BCUT2D eigenvalue weighted by Gasteiger charge is -2.39. The number of amides is 3. The Morgan fingerprint density at radius 2 is 1.92 bits per heavy atom. The van der Waals surface area contributed by atoms with Gasteiger partial charge in [0.15, 0.2) is 0 Å². The van der Waals surface area contributed by atoms with Gasteiger partial charge < -0.3 is 15.1 Å². The molecule has 1 spiro atoms. The van der Waals surface area contributed by atoms with Crippen LogP contribution < -0.4 is 10.2 Å². The molecule has 1 aromatic heterocycles. The third kappa shape index (κ3) is 4.21. The van der Waals surface area contributed by atoms with Crippen LogP contribution in [0.25, 0.3) is 10.9 Å². The number of benzene rings is 2. The third-order valence-electron chi connectivity index (χ3n) is 7.44. The molecule has 11 heteroatoms. The standard InChI is InChI=1S/C26H26F3N5O3/c1-15-4-3-5-20-22(15)25(24(37)34(20)14-21(35)31-16(2)26(27,28)29)8-10-33(11-9-25)23(36)17-6-7-19-18(12-17)13-30-32-19/h3-7,12-13,16H,8-11,14H2,1-2H3,(H,30,32)(H,31,35)/t16-/m0/s1. The lowest BCUT2D eigenvalue weighted by molar-refractivity contribution is -0.157. The first kappa shape index (κ1) is 24.8. The molecule has 0 unspecified atom stereocenters. The fourth-order valence-corrected chi connectivity index (χ4v) is 5.46. The molecule has 2 aliphatic heterocycles. The molecular weight excluding hydrogens is 487 g/mol. The number of aromatic amines is 1. The van der Waals surface area contributed by atoms with E-state index in [1.54, 1.807) is 41.4 Å². The molecule has 5 rings (SSSR count). The predicted molar refractivity (Wildman–Crippen MR) is 130 cm³/mol. The molecule has 0 bridgehead atoms. The Morgan fingerprint density at radius 1 is 1.19 bits per heavy atom. The number of halogens is 3. The number of aromatic nitrogens is 2. The van der Waals surface area contributed by atoms with Gasteiger partial charge in [-0.15, -0.1) is 0 Å². The monoisotopic (exact) mass is 513 g/mol. The van der Waals surface area contributed by atoms with Crippen molar-refractivity contribution in [2.45, 2.75) is 44.3 Å². The van der Waals surface area contributed by atoms with Crippen molar-refractivity contribution in [1.82, 2.24) is 20.4 Å². The smallest absolute Gasteiger partial charge is 0.343 e. The van der Waals surface area contributed by atoms with E-state index in [0.29, 0.717) is 37.2 Å². The molecule has 2 N–H and O–H groups in total. The largest absolute Gasteiger partial charge is 0.408 e. The zero-order chi connectivity index (χ0) is 26.5. The Balaban J connectivity index is 1.36. The molecule has 2 aliphatic rings. The number of piperidine rings is 1. The molecule has 194 valence electrons. The molecule has 37 heavy (non-hydrogen) atoms. The van der Waals surface area contributed by atoms with Crippen LogP contribution in [0.4, 0.5) is 18.9 Å². The van der Waals surface area contributed by atoms with Gasteiger partial charge in [0, 0.05) is 29.7 Å². The van der Waals surface area contributed by atoms with Crippen LogP contribution in [-0.4, -0.2) is 64.7 Å². The molecule has 8 nitrogen and oxygen atoms in total. The van der Waals surface area contributed by atoms with E-state index in [2.05, 4.69) is 10.2 Å². The van der Waals surface area contributed by atoms with E-state index in [4.69, 9.17) is 0 Å². The molecular formula is C26H26F3N5O3. The van der Waals surface area contributed by atoms with E-state index in [-0.39, 0.29) is 11.8 Å². The number of hydrogen-bond donors (Lipinski definition) is 2.